The summed E-state index contributed by atoms with van der Waals surface area (Å²) in [6, 6.07) is 10.1. The first kappa shape index (κ1) is 12.7. The quantitative estimate of drug-likeness (QED) is 0.742. The molecule has 4 rings (SSSR count). The van der Waals surface area contributed by atoms with Gasteiger partial charge in [-0.3, -0.25) is 0 Å². The van der Waals surface area contributed by atoms with Gasteiger partial charge in [-0.1, -0.05) is 35.5 Å². The summed E-state index contributed by atoms with van der Waals surface area (Å²) in [5.41, 5.74) is 2.02. The van der Waals surface area contributed by atoms with Crippen molar-refractivity contribution in [2.45, 2.75) is 12.3 Å². The minimum absolute atomic E-state index is 0.246. The zero-order chi connectivity index (χ0) is 14.1. The van der Waals surface area contributed by atoms with E-state index in [2.05, 4.69) is 15.1 Å². The van der Waals surface area contributed by atoms with Crippen LogP contribution in [0.15, 0.2) is 40.2 Å². The van der Waals surface area contributed by atoms with E-state index in [1.165, 1.54) is 11.3 Å². The summed E-state index contributed by atoms with van der Waals surface area (Å²) in [5.74, 6) is 1.46. The van der Waals surface area contributed by atoms with Crippen molar-refractivity contribution >= 4 is 11.3 Å². The molecule has 106 valence electrons. The van der Waals surface area contributed by atoms with E-state index in [1.54, 1.807) is 0 Å². The molecule has 0 unspecified atom stereocenters. The molecule has 0 amide bonds. The summed E-state index contributed by atoms with van der Waals surface area (Å²) in [5, 5.41) is 6.82. The van der Waals surface area contributed by atoms with E-state index in [0.717, 1.165) is 35.1 Å². The molecular weight excluding hydrogens is 286 g/mol. The molecule has 0 spiro atoms. The molecule has 2 aromatic heterocycles. The first-order chi connectivity index (χ1) is 10.4. The summed E-state index contributed by atoms with van der Waals surface area (Å²) < 4.78 is 10.7. The number of rotatable bonds is 3. The van der Waals surface area contributed by atoms with Crippen molar-refractivity contribution < 1.29 is 9.26 Å². The van der Waals surface area contributed by atoms with Gasteiger partial charge >= 0.3 is 0 Å². The lowest BCUT2D eigenvalue weighted by Crippen LogP contribution is -1.99. The zero-order valence-corrected chi connectivity index (χ0v) is 12.0. The van der Waals surface area contributed by atoms with Crippen LogP contribution in [0, 0.1) is 0 Å². The number of nitrogens with zero attached hydrogens (tertiary/aromatic N) is 3. The Labute approximate surface area is 125 Å². The molecule has 1 aliphatic heterocycles. The second-order valence-corrected chi connectivity index (χ2v) is 5.78. The number of ether oxygens (including phenoxy) is 1. The van der Waals surface area contributed by atoms with Gasteiger partial charge in [0.1, 0.15) is 0 Å². The van der Waals surface area contributed by atoms with Crippen LogP contribution < -0.4 is 0 Å². The van der Waals surface area contributed by atoms with Gasteiger partial charge in [0.15, 0.2) is 10.8 Å². The van der Waals surface area contributed by atoms with Gasteiger partial charge in [0, 0.05) is 23.5 Å². The fourth-order valence-electron chi connectivity index (χ4n) is 2.34. The van der Waals surface area contributed by atoms with Crippen LogP contribution in [0.1, 0.15) is 18.2 Å². The van der Waals surface area contributed by atoms with Gasteiger partial charge in [0.25, 0.3) is 5.89 Å². The van der Waals surface area contributed by atoms with Crippen LogP contribution in [-0.2, 0) is 4.74 Å². The van der Waals surface area contributed by atoms with Crippen LogP contribution in [-0.4, -0.2) is 28.3 Å². The molecule has 0 N–H and O–H groups in total. The van der Waals surface area contributed by atoms with Crippen LogP contribution in [0.5, 0.6) is 0 Å². The first-order valence-corrected chi connectivity index (χ1v) is 7.71. The van der Waals surface area contributed by atoms with E-state index in [0.29, 0.717) is 12.5 Å². The predicted octanol–water partition coefficient (Wildman–Crippen LogP) is 3.36. The number of hydrogen-bond donors (Lipinski definition) is 0. The Hall–Kier alpha value is -2.05. The average Bonchev–Trinajstić information content (AvgIpc) is 3.27. The van der Waals surface area contributed by atoms with Gasteiger partial charge in [-0.25, -0.2) is 4.98 Å². The lowest BCUT2D eigenvalue weighted by Gasteiger charge is -1.97. The summed E-state index contributed by atoms with van der Waals surface area (Å²) in [6.07, 6.45) is 0.951. The highest BCUT2D eigenvalue weighted by Crippen LogP contribution is 2.30. The standard InChI is InChI=1S/C15H13N3O2S/c1-2-4-10(5-3-1)12-9-21-15(16-12)14-17-13(18-20-14)11-6-7-19-8-11/h1-5,9,11H,6-8H2/t11-/m1/s1. The molecule has 3 aromatic rings. The van der Waals surface area contributed by atoms with Crippen molar-refractivity contribution in [3.05, 3.63) is 41.5 Å². The number of aromatic nitrogens is 3. The SMILES string of the molecule is c1ccc(-c2csc(-c3nc([C@@H]4CCOC4)no3)n2)cc1. The fraction of sp³-hybridized carbons (Fsp3) is 0.267. The van der Waals surface area contributed by atoms with E-state index < -0.39 is 0 Å². The van der Waals surface area contributed by atoms with Crippen molar-refractivity contribution in [2.24, 2.45) is 0 Å². The number of hydrogen-bond acceptors (Lipinski definition) is 6. The second-order valence-electron chi connectivity index (χ2n) is 4.92. The van der Waals surface area contributed by atoms with Crippen LogP contribution in [0.3, 0.4) is 0 Å². The molecule has 1 saturated heterocycles. The highest BCUT2D eigenvalue weighted by atomic mass is 32.1. The highest BCUT2D eigenvalue weighted by molar-refractivity contribution is 7.13. The lowest BCUT2D eigenvalue weighted by atomic mass is 10.1. The Bertz CT molecular complexity index is 732. The molecule has 1 fully saturated rings. The van der Waals surface area contributed by atoms with E-state index in [-0.39, 0.29) is 5.92 Å². The van der Waals surface area contributed by atoms with Gasteiger partial charge in [-0.2, -0.15) is 4.98 Å². The second kappa shape index (κ2) is 5.38. The van der Waals surface area contributed by atoms with Crippen LogP contribution in [0.2, 0.25) is 0 Å². The van der Waals surface area contributed by atoms with E-state index in [9.17, 15) is 0 Å². The fourth-order valence-corrected chi connectivity index (χ4v) is 3.09. The van der Waals surface area contributed by atoms with Gasteiger partial charge in [-0.15, -0.1) is 11.3 Å². The minimum atomic E-state index is 0.246. The first-order valence-electron chi connectivity index (χ1n) is 6.83. The van der Waals surface area contributed by atoms with Gasteiger partial charge in [0.05, 0.1) is 12.3 Å². The number of thiazole rings is 1. The largest absolute Gasteiger partial charge is 0.381 e. The maximum absolute atomic E-state index is 5.35. The summed E-state index contributed by atoms with van der Waals surface area (Å²) >= 11 is 1.51. The zero-order valence-electron chi connectivity index (χ0n) is 11.2. The smallest absolute Gasteiger partial charge is 0.286 e. The van der Waals surface area contributed by atoms with Crippen LogP contribution >= 0.6 is 11.3 Å². The van der Waals surface area contributed by atoms with E-state index in [4.69, 9.17) is 9.26 Å². The van der Waals surface area contributed by atoms with Gasteiger partial charge in [-0.05, 0) is 6.42 Å². The van der Waals surface area contributed by atoms with Crippen LogP contribution in [0.4, 0.5) is 0 Å². The average molecular weight is 299 g/mol. The maximum atomic E-state index is 5.35. The molecule has 0 bridgehead atoms. The highest BCUT2D eigenvalue weighted by Gasteiger charge is 2.24. The molecule has 1 aliphatic rings. The van der Waals surface area contributed by atoms with E-state index >= 15 is 0 Å². The van der Waals surface area contributed by atoms with E-state index in [1.807, 2.05) is 35.7 Å². The molecule has 0 aliphatic carbocycles. The Morgan fingerprint density at radius 1 is 1.14 bits per heavy atom. The topological polar surface area (TPSA) is 61.0 Å². The Morgan fingerprint density at radius 2 is 2.05 bits per heavy atom. The van der Waals surface area contributed by atoms with Crippen molar-refractivity contribution in [1.82, 2.24) is 15.1 Å². The molecule has 6 heteroatoms. The molecule has 3 heterocycles. The Morgan fingerprint density at radius 3 is 2.86 bits per heavy atom. The molecule has 5 nitrogen and oxygen atoms in total. The molecule has 1 atom stereocenters. The van der Waals surface area contributed by atoms with Crippen molar-refractivity contribution in [3.63, 3.8) is 0 Å². The third kappa shape index (κ3) is 2.48. The third-order valence-electron chi connectivity index (χ3n) is 3.49. The lowest BCUT2D eigenvalue weighted by molar-refractivity contribution is 0.192. The Balaban J connectivity index is 1.61. The summed E-state index contributed by atoms with van der Waals surface area (Å²) in [7, 11) is 0. The predicted molar refractivity (Wildman–Crippen MR) is 79.0 cm³/mol. The number of benzene rings is 1. The van der Waals surface area contributed by atoms with Crippen molar-refractivity contribution in [1.29, 1.82) is 0 Å². The third-order valence-corrected chi connectivity index (χ3v) is 4.32. The molecule has 21 heavy (non-hydrogen) atoms. The van der Waals surface area contributed by atoms with Crippen molar-refractivity contribution in [2.75, 3.05) is 13.2 Å². The van der Waals surface area contributed by atoms with Gasteiger partial charge < -0.3 is 9.26 Å². The molecule has 0 radical (unpaired) electrons. The minimum Gasteiger partial charge on any atom is -0.381 e. The van der Waals surface area contributed by atoms with Gasteiger partial charge in [0.2, 0.25) is 0 Å². The monoisotopic (exact) mass is 299 g/mol. The summed E-state index contributed by atoms with van der Waals surface area (Å²) in [4.78, 5) is 9.04. The molecular formula is C15H13N3O2S. The molecule has 1 aromatic carbocycles. The Kier molecular flexibility index (Phi) is 3.25. The molecule has 0 saturated carbocycles. The normalized spacial score (nSPS) is 18.2. The maximum Gasteiger partial charge on any atom is 0.286 e. The van der Waals surface area contributed by atoms with Crippen LogP contribution in [0.25, 0.3) is 22.2 Å². The van der Waals surface area contributed by atoms with Crippen molar-refractivity contribution in [3.8, 4) is 22.2 Å². The summed E-state index contributed by atoms with van der Waals surface area (Å²) in [6.45, 7) is 1.44.